The summed E-state index contributed by atoms with van der Waals surface area (Å²) in [7, 11) is 0. The van der Waals surface area contributed by atoms with Crippen molar-refractivity contribution in [1.82, 2.24) is 0 Å². The molecule has 0 fully saturated rings. The molecule has 3 N–H and O–H groups in total. The molecule has 0 aliphatic heterocycles. The van der Waals surface area contributed by atoms with Crippen LogP contribution in [0.1, 0.15) is 37.3 Å². The first-order chi connectivity index (χ1) is 12.5. The zero-order valence-electron chi connectivity index (χ0n) is 15.2. The number of nitrogens with two attached hydrogens (primary N) is 1. The van der Waals surface area contributed by atoms with Crippen LogP contribution >= 0.6 is 0 Å². The largest absolute Gasteiger partial charge is 0.481 e. The van der Waals surface area contributed by atoms with E-state index < -0.39 is 17.4 Å². The van der Waals surface area contributed by atoms with Crippen LogP contribution in [0.3, 0.4) is 0 Å². The highest BCUT2D eigenvalue weighted by Crippen LogP contribution is 2.34. The molecule has 0 bridgehead atoms. The second-order valence-corrected chi connectivity index (χ2v) is 6.86. The van der Waals surface area contributed by atoms with Crippen molar-refractivity contribution in [1.29, 1.82) is 0 Å². The molecule has 26 heavy (non-hydrogen) atoms. The summed E-state index contributed by atoms with van der Waals surface area (Å²) < 4.78 is 0. The van der Waals surface area contributed by atoms with Gasteiger partial charge in [-0.3, -0.25) is 9.59 Å². The maximum absolute atomic E-state index is 13.3. The lowest BCUT2D eigenvalue weighted by atomic mass is 9.69. The Morgan fingerprint density at radius 3 is 1.81 bits per heavy atom. The average molecular weight is 353 g/mol. The molecule has 0 heterocycles. The van der Waals surface area contributed by atoms with Gasteiger partial charge < -0.3 is 10.8 Å². The molecule has 0 aromatic heterocycles. The van der Waals surface area contributed by atoms with E-state index in [2.05, 4.69) is 0 Å². The Bertz CT molecular complexity index is 671. The highest BCUT2D eigenvalue weighted by Gasteiger charge is 2.39. The molecule has 2 rings (SSSR count). The van der Waals surface area contributed by atoms with Crippen LogP contribution < -0.4 is 5.73 Å². The number of carbonyl (C=O) groups is 2. The van der Waals surface area contributed by atoms with Gasteiger partial charge in [0.2, 0.25) is 0 Å². The van der Waals surface area contributed by atoms with E-state index in [1.54, 1.807) is 0 Å². The third kappa shape index (κ3) is 5.27. The second-order valence-electron chi connectivity index (χ2n) is 6.86. The second kappa shape index (κ2) is 9.30. The number of benzene rings is 2. The highest BCUT2D eigenvalue weighted by atomic mass is 16.4. The first-order valence-corrected chi connectivity index (χ1v) is 9.06. The SMILES string of the molecule is CCC(Cc1ccccc1)(Cc1ccccc1)C(=O)C(N)CCC(=O)O. The molecule has 138 valence electrons. The fourth-order valence-electron chi connectivity index (χ4n) is 3.44. The highest BCUT2D eigenvalue weighted by molar-refractivity contribution is 5.90. The Labute approximate surface area is 155 Å². The van der Waals surface area contributed by atoms with Gasteiger partial charge in [0.25, 0.3) is 0 Å². The fourth-order valence-corrected chi connectivity index (χ4v) is 3.44. The van der Waals surface area contributed by atoms with Crippen LogP contribution in [0, 0.1) is 5.41 Å². The number of hydrogen-bond donors (Lipinski definition) is 2. The summed E-state index contributed by atoms with van der Waals surface area (Å²) in [5, 5.41) is 8.91. The minimum atomic E-state index is -0.929. The van der Waals surface area contributed by atoms with Gasteiger partial charge in [-0.2, -0.15) is 0 Å². The zero-order valence-corrected chi connectivity index (χ0v) is 15.2. The molecule has 0 saturated carbocycles. The predicted octanol–water partition coefficient (Wildman–Crippen LogP) is 3.63. The Kier molecular flexibility index (Phi) is 7.10. The van der Waals surface area contributed by atoms with Crippen molar-refractivity contribution in [2.24, 2.45) is 11.1 Å². The van der Waals surface area contributed by atoms with Gasteiger partial charge in [0.05, 0.1) is 6.04 Å². The summed E-state index contributed by atoms with van der Waals surface area (Å²) in [4.78, 5) is 24.2. The minimum absolute atomic E-state index is 0.0473. The van der Waals surface area contributed by atoms with E-state index in [9.17, 15) is 9.59 Å². The van der Waals surface area contributed by atoms with Gasteiger partial charge in [-0.1, -0.05) is 67.6 Å². The van der Waals surface area contributed by atoms with Crippen molar-refractivity contribution >= 4 is 11.8 Å². The quantitative estimate of drug-likeness (QED) is 0.683. The molecule has 0 aliphatic rings. The van der Waals surface area contributed by atoms with Gasteiger partial charge in [0.15, 0.2) is 5.78 Å². The summed E-state index contributed by atoms with van der Waals surface area (Å²) in [5.74, 6) is -0.976. The molecule has 1 unspecified atom stereocenters. The van der Waals surface area contributed by atoms with E-state index in [0.29, 0.717) is 19.3 Å². The van der Waals surface area contributed by atoms with Gasteiger partial charge in [0, 0.05) is 11.8 Å². The van der Waals surface area contributed by atoms with Gasteiger partial charge in [-0.15, -0.1) is 0 Å². The van der Waals surface area contributed by atoms with Crippen molar-refractivity contribution in [3.05, 3.63) is 71.8 Å². The van der Waals surface area contributed by atoms with Gasteiger partial charge in [0.1, 0.15) is 0 Å². The van der Waals surface area contributed by atoms with Crippen molar-refractivity contribution in [3.8, 4) is 0 Å². The number of Topliss-reactive ketones (excluding diaryl/α,β-unsaturated/α-hetero) is 1. The maximum Gasteiger partial charge on any atom is 0.303 e. The first-order valence-electron chi connectivity index (χ1n) is 9.06. The standard InChI is InChI=1S/C22H27NO3/c1-2-22(15-17-9-5-3-6-10-17,16-18-11-7-4-8-12-18)21(26)19(23)13-14-20(24)25/h3-12,19H,2,13-16,23H2,1H3,(H,24,25). The Morgan fingerprint density at radius 2 is 1.42 bits per heavy atom. The van der Waals surface area contributed by atoms with Crippen LogP contribution in [0.2, 0.25) is 0 Å². The van der Waals surface area contributed by atoms with Crippen LogP contribution in [0.5, 0.6) is 0 Å². The Balaban J connectivity index is 2.32. The van der Waals surface area contributed by atoms with E-state index in [-0.39, 0.29) is 18.6 Å². The summed E-state index contributed by atoms with van der Waals surface area (Å²) in [6.45, 7) is 2.01. The molecular weight excluding hydrogens is 326 g/mol. The third-order valence-electron chi connectivity index (χ3n) is 4.98. The van der Waals surface area contributed by atoms with E-state index in [1.165, 1.54) is 0 Å². The normalized spacial score (nSPS) is 12.5. The molecule has 4 nitrogen and oxygen atoms in total. The van der Waals surface area contributed by atoms with E-state index in [0.717, 1.165) is 11.1 Å². The van der Waals surface area contributed by atoms with Crippen molar-refractivity contribution in [2.75, 3.05) is 0 Å². The zero-order chi connectivity index (χ0) is 19.0. The number of aliphatic carboxylic acids is 1. The van der Waals surface area contributed by atoms with Gasteiger partial charge in [-0.25, -0.2) is 0 Å². The van der Waals surface area contributed by atoms with Gasteiger partial charge in [-0.05, 0) is 36.8 Å². The number of carbonyl (C=O) groups excluding carboxylic acids is 1. The fraction of sp³-hybridized carbons (Fsp3) is 0.364. The summed E-state index contributed by atoms with van der Waals surface area (Å²) in [6.07, 6.45) is 1.91. The molecule has 4 heteroatoms. The molecule has 0 spiro atoms. The Hall–Kier alpha value is -2.46. The summed E-state index contributed by atoms with van der Waals surface area (Å²) in [6, 6.07) is 19.1. The van der Waals surface area contributed by atoms with Crippen LogP contribution in [0.15, 0.2) is 60.7 Å². The molecule has 0 saturated heterocycles. The third-order valence-corrected chi connectivity index (χ3v) is 4.98. The van der Waals surface area contributed by atoms with E-state index in [4.69, 9.17) is 10.8 Å². The van der Waals surface area contributed by atoms with Gasteiger partial charge >= 0.3 is 5.97 Å². The molecule has 0 radical (unpaired) electrons. The van der Waals surface area contributed by atoms with Crippen LogP contribution in [0.4, 0.5) is 0 Å². The molecule has 2 aromatic carbocycles. The molecule has 0 aliphatic carbocycles. The lowest BCUT2D eigenvalue weighted by molar-refractivity contribution is -0.137. The maximum atomic E-state index is 13.3. The number of ketones is 1. The number of hydrogen-bond acceptors (Lipinski definition) is 3. The lowest BCUT2D eigenvalue weighted by Gasteiger charge is -2.34. The number of rotatable bonds is 10. The average Bonchev–Trinajstić information content (AvgIpc) is 2.66. The number of carboxylic acid groups (broad SMARTS) is 1. The van der Waals surface area contributed by atoms with Crippen molar-refractivity contribution < 1.29 is 14.7 Å². The summed E-state index contributed by atoms with van der Waals surface area (Å²) in [5.41, 5.74) is 7.66. The molecule has 2 aromatic rings. The first kappa shape index (κ1) is 19.9. The van der Waals surface area contributed by atoms with Crippen LogP contribution in [-0.4, -0.2) is 22.9 Å². The lowest BCUT2D eigenvalue weighted by Crippen LogP contribution is -2.46. The monoisotopic (exact) mass is 353 g/mol. The smallest absolute Gasteiger partial charge is 0.303 e. The molecule has 0 amide bonds. The van der Waals surface area contributed by atoms with Crippen molar-refractivity contribution in [3.63, 3.8) is 0 Å². The Morgan fingerprint density at radius 1 is 0.962 bits per heavy atom. The predicted molar refractivity (Wildman–Crippen MR) is 103 cm³/mol. The molecule has 1 atom stereocenters. The minimum Gasteiger partial charge on any atom is -0.481 e. The molecular formula is C22H27NO3. The summed E-state index contributed by atoms with van der Waals surface area (Å²) >= 11 is 0. The number of carboxylic acids is 1. The van der Waals surface area contributed by atoms with Crippen LogP contribution in [-0.2, 0) is 22.4 Å². The van der Waals surface area contributed by atoms with Crippen LogP contribution in [0.25, 0.3) is 0 Å². The van der Waals surface area contributed by atoms with E-state index >= 15 is 0 Å². The van der Waals surface area contributed by atoms with Crippen molar-refractivity contribution in [2.45, 2.75) is 45.1 Å². The van der Waals surface area contributed by atoms with E-state index in [1.807, 2.05) is 67.6 Å². The topological polar surface area (TPSA) is 80.4 Å².